The van der Waals surface area contributed by atoms with Crippen LogP contribution in [0.2, 0.25) is 0 Å². The second-order valence-electron chi connectivity index (χ2n) is 4.93. The molecule has 4 heteroatoms. The van der Waals surface area contributed by atoms with Gasteiger partial charge >= 0.3 is 0 Å². The van der Waals surface area contributed by atoms with Gasteiger partial charge in [0.15, 0.2) is 9.84 Å². The maximum Gasteiger partial charge on any atom is 0.185 e. The third kappa shape index (κ3) is 3.10. The summed E-state index contributed by atoms with van der Waals surface area (Å²) in [5, 5.41) is -0.611. The lowest BCUT2D eigenvalue weighted by Gasteiger charge is -2.16. The molecule has 21 heavy (non-hydrogen) atoms. The molecule has 0 aromatic heterocycles. The minimum absolute atomic E-state index is 0.344. The van der Waals surface area contributed by atoms with Crippen LogP contribution in [0.4, 0.5) is 0 Å². The first-order chi connectivity index (χ1) is 10.0. The molecule has 0 aliphatic heterocycles. The van der Waals surface area contributed by atoms with Crippen molar-refractivity contribution in [3.63, 3.8) is 0 Å². The van der Waals surface area contributed by atoms with Gasteiger partial charge in [-0.15, -0.1) is 0 Å². The average Bonchev–Trinajstić information content (AvgIpc) is 2.54. The van der Waals surface area contributed by atoms with Gasteiger partial charge in [0.2, 0.25) is 0 Å². The van der Waals surface area contributed by atoms with E-state index in [1.165, 1.54) is 0 Å². The molecule has 0 aliphatic rings. The quantitative estimate of drug-likeness (QED) is 0.844. The third-order valence-electron chi connectivity index (χ3n) is 3.70. The number of methoxy groups -OCH3 is 1. The molecule has 0 saturated carbocycles. The predicted molar refractivity (Wildman–Crippen MR) is 84.4 cm³/mol. The molecule has 1 unspecified atom stereocenters. The summed E-state index contributed by atoms with van der Waals surface area (Å²) in [6.45, 7) is 3.75. The van der Waals surface area contributed by atoms with Gasteiger partial charge < -0.3 is 4.74 Å². The van der Waals surface area contributed by atoms with Gasteiger partial charge in [-0.25, -0.2) is 8.42 Å². The number of rotatable bonds is 5. The minimum atomic E-state index is -3.39. The predicted octanol–water partition coefficient (Wildman–Crippen LogP) is 3.79. The fourth-order valence-electron chi connectivity index (χ4n) is 2.30. The Morgan fingerprint density at radius 1 is 1.10 bits per heavy atom. The van der Waals surface area contributed by atoms with E-state index in [1.807, 2.05) is 31.2 Å². The van der Waals surface area contributed by atoms with Crippen molar-refractivity contribution in [1.29, 1.82) is 0 Å². The summed E-state index contributed by atoms with van der Waals surface area (Å²) in [5.74, 6) is 0.741. The van der Waals surface area contributed by atoms with Crippen molar-refractivity contribution in [3.8, 4) is 5.75 Å². The molecule has 0 N–H and O–H groups in total. The smallest absolute Gasteiger partial charge is 0.185 e. The lowest BCUT2D eigenvalue weighted by molar-refractivity contribution is 0.409. The van der Waals surface area contributed by atoms with Crippen molar-refractivity contribution < 1.29 is 13.2 Å². The van der Waals surface area contributed by atoms with Crippen LogP contribution in [0.25, 0.3) is 0 Å². The minimum Gasteiger partial charge on any atom is -0.496 e. The van der Waals surface area contributed by atoms with E-state index in [1.54, 1.807) is 38.3 Å². The van der Waals surface area contributed by atoms with Gasteiger partial charge in [0.1, 0.15) is 5.75 Å². The van der Waals surface area contributed by atoms with E-state index in [9.17, 15) is 8.42 Å². The van der Waals surface area contributed by atoms with Crippen molar-refractivity contribution >= 4 is 9.84 Å². The molecule has 3 nitrogen and oxygen atoms in total. The molecule has 0 fully saturated rings. The van der Waals surface area contributed by atoms with Gasteiger partial charge in [-0.1, -0.05) is 37.3 Å². The zero-order valence-electron chi connectivity index (χ0n) is 12.5. The van der Waals surface area contributed by atoms with Gasteiger partial charge in [0, 0.05) is 0 Å². The Labute approximate surface area is 126 Å². The normalized spacial score (nSPS) is 12.9. The van der Waals surface area contributed by atoms with Crippen LogP contribution in [0.1, 0.15) is 30.2 Å². The molecule has 0 amide bonds. The molecule has 2 rings (SSSR count). The van der Waals surface area contributed by atoms with Crippen LogP contribution >= 0.6 is 0 Å². The SMILES string of the molecule is CCc1ccc(C(C)S(=O)(=O)c2ccccc2)cc1OC. The maximum atomic E-state index is 12.6. The molecule has 112 valence electrons. The second-order valence-corrected chi connectivity index (χ2v) is 7.19. The van der Waals surface area contributed by atoms with E-state index in [0.29, 0.717) is 4.90 Å². The van der Waals surface area contributed by atoms with Crippen molar-refractivity contribution in [1.82, 2.24) is 0 Å². The summed E-state index contributed by atoms with van der Waals surface area (Å²) in [6.07, 6.45) is 0.850. The standard InChI is InChI=1S/C17H20O3S/c1-4-14-10-11-15(12-17(14)20-3)13(2)21(18,19)16-8-6-5-7-9-16/h5-13H,4H2,1-3H3. The molecule has 0 aliphatic carbocycles. The van der Waals surface area contributed by atoms with Crippen molar-refractivity contribution in [2.75, 3.05) is 7.11 Å². The molecular weight excluding hydrogens is 284 g/mol. The summed E-state index contributed by atoms with van der Waals surface area (Å²) in [4.78, 5) is 0.344. The van der Waals surface area contributed by atoms with Crippen LogP contribution in [0.3, 0.4) is 0 Å². The highest BCUT2D eigenvalue weighted by atomic mass is 32.2. The maximum absolute atomic E-state index is 12.6. The summed E-state index contributed by atoms with van der Waals surface area (Å²) >= 11 is 0. The summed E-state index contributed by atoms with van der Waals surface area (Å²) < 4.78 is 30.6. The van der Waals surface area contributed by atoms with Crippen LogP contribution in [0.5, 0.6) is 5.75 Å². The Morgan fingerprint density at radius 2 is 1.76 bits per heavy atom. The third-order valence-corrected chi connectivity index (χ3v) is 5.83. The van der Waals surface area contributed by atoms with E-state index in [2.05, 4.69) is 0 Å². The fourth-order valence-corrected chi connectivity index (χ4v) is 3.75. The van der Waals surface area contributed by atoms with Gasteiger partial charge in [-0.2, -0.15) is 0 Å². The van der Waals surface area contributed by atoms with E-state index < -0.39 is 15.1 Å². The zero-order valence-corrected chi connectivity index (χ0v) is 13.4. The molecule has 1 atom stereocenters. The first-order valence-corrected chi connectivity index (χ1v) is 8.51. The van der Waals surface area contributed by atoms with E-state index >= 15 is 0 Å². The molecule has 0 spiro atoms. The Kier molecular flexibility index (Phi) is 4.68. The van der Waals surface area contributed by atoms with E-state index in [-0.39, 0.29) is 0 Å². The number of benzene rings is 2. The molecule has 0 saturated heterocycles. The largest absolute Gasteiger partial charge is 0.496 e. The number of aryl methyl sites for hydroxylation is 1. The van der Waals surface area contributed by atoms with Gasteiger partial charge in [-0.3, -0.25) is 0 Å². The summed E-state index contributed by atoms with van der Waals surface area (Å²) in [6, 6.07) is 14.2. The van der Waals surface area contributed by atoms with Crippen LogP contribution in [0, 0.1) is 0 Å². The monoisotopic (exact) mass is 304 g/mol. The van der Waals surface area contributed by atoms with Gasteiger partial charge in [0.25, 0.3) is 0 Å². The van der Waals surface area contributed by atoms with Gasteiger partial charge in [-0.05, 0) is 42.7 Å². The highest BCUT2D eigenvalue weighted by Gasteiger charge is 2.25. The topological polar surface area (TPSA) is 43.4 Å². The molecule has 2 aromatic rings. The highest BCUT2D eigenvalue weighted by molar-refractivity contribution is 7.91. The average molecular weight is 304 g/mol. The summed E-state index contributed by atoms with van der Waals surface area (Å²) in [5.41, 5.74) is 1.82. The lowest BCUT2D eigenvalue weighted by atomic mass is 10.1. The molecular formula is C17H20O3S. The van der Waals surface area contributed by atoms with Crippen LogP contribution in [-0.2, 0) is 16.3 Å². The molecule has 2 aromatic carbocycles. The van der Waals surface area contributed by atoms with Crippen molar-refractivity contribution in [2.45, 2.75) is 30.4 Å². The first-order valence-electron chi connectivity index (χ1n) is 6.96. The number of hydrogen-bond donors (Lipinski definition) is 0. The van der Waals surface area contributed by atoms with Gasteiger partial charge in [0.05, 0.1) is 17.3 Å². The Balaban J connectivity index is 2.42. The molecule has 0 radical (unpaired) electrons. The molecule has 0 heterocycles. The number of ether oxygens (including phenoxy) is 1. The van der Waals surface area contributed by atoms with E-state index in [4.69, 9.17) is 4.74 Å². The Bertz CT molecular complexity index is 706. The van der Waals surface area contributed by atoms with Crippen LogP contribution in [-0.4, -0.2) is 15.5 Å². The first kappa shape index (κ1) is 15.6. The highest BCUT2D eigenvalue weighted by Crippen LogP contribution is 2.31. The molecule has 0 bridgehead atoms. The zero-order chi connectivity index (χ0) is 15.5. The fraction of sp³-hybridized carbons (Fsp3) is 0.294. The van der Waals surface area contributed by atoms with Crippen molar-refractivity contribution in [2.24, 2.45) is 0 Å². The van der Waals surface area contributed by atoms with E-state index in [0.717, 1.165) is 23.3 Å². The van der Waals surface area contributed by atoms with Crippen LogP contribution in [0.15, 0.2) is 53.4 Å². The second kappa shape index (κ2) is 6.31. The summed E-state index contributed by atoms with van der Waals surface area (Å²) in [7, 11) is -1.79. The lowest BCUT2D eigenvalue weighted by Crippen LogP contribution is -2.11. The van der Waals surface area contributed by atoms with Crippen molar-refractivity contribution in [3.05, 3.63) is 59.7 Å². The number of hydrogen-bond acceptors (Lipinski definition) is 3. The van der Waals surface area contributed by atoms with Crippen LogP contribution < -0.4 is 4.74 Å². The Hall–Kier alpha value is -1.81. The Morgan fingerprint density at radius 3 is 2.33 bits per heavy atom. The number of sulfone groups is 1.